The van der Waals surface area contributed by atoms with Gasteiger partial charge in [-0.1, -0.05) is 11.6 Å². The predicted molar refractivity (Wildman–Crippen MR) is 76.5 cm³/mol. The third-order valence-electron chi connectivity index (χ3n) is 4.49. The van der Waals surface area contributed by atoms with Gasteiger partial charge in [0.25, 0.3) is 5.92 Å². The number of rotatable bonds is 2. The van der Waals surface area contributed by atoms with Crippen molar-refractivity contribution in [2.45, 2.75) is 12.3 Å². The van der Waals surface area contributed by atoms with E-state index in [4.69, 9.17) is 16.3 Å². The average Bonchev–Trinajstić information content (AvgIpc) is 2.65. The highest BCUT2D eigenvalue weighted by Gasteiger charge is 2.49. The summed E-state index contributed by atoms with van der Waals surface area (Å²) < 4.78 is 32.0. The molecule has 0 saturated carbocycles. The highest BCUT2D eigenvalue weighted by atomic mass is 35.5. The van der Waals surface area contributed by atoms with Crippen LogP contribution in [0.4, 0.5) is 20.3 Å². The van der Waals surface area contributed by atoms with Crippen LogP contribution in [0.25, 0.3) is 0 Å². The first-order chi connectivity index (χ1) is 9.95. The van der Waals surface area contributed by atoms with E-state index in [2.05, 4.69) is 9.88 Å². The molecule has 4 nitrogen and oxygen atoms in total. The Labute approximate surface area is 126 Å². The molecular formula is C14H16ClF2N3O. The van der Waals surface area contributed by atoms with Crippen LogP contribution in [0.2, 0.25) is 5.15 Å². The Balaban J connectivity index is 1.53. The van der Waals surface area contributed by atoms with Crippen molar-refractivity contribution in [2.24, 2.45) is 5.41 Å². The van der Waals surface area contributed by atoms with Crippen LogP contribution in [-0.4, -0.2) is 50.3 Å². The lowest BCUT2D eigenvalue weighted by Crippen LogP contribution is -2.66. The molecule has 4 rings (SSSR count). The molecule has 3 fully saturated rings. The second kappa shape index (κ2) is 4.43. The van der Waals surface area contributed by atoms with Gasteiger partial charge in [-0.25, -0.2) is 13.8 Å². The molecule has 0 N–H and O–H groups in total. The van der Waals surface area contributed by atoms with E-state index in [0.717, 1.165) is 32.0 Å². The van der Waals surface area contributed by atoms with E-state index in [-0.39, 0.29) is 13.0 Å². The smallest absolute Gasteiger partial charge is 0.266 e. The average molecular weight is 316 g/mol. The largest absolute Gasteiger partial charge is 0.380 e. The Morgan fingerprint density at radius 3 is 2.48 bits per heavy atom. The molecule has 0 unspecified atom stereocenters. The van der Waals surface area contributed by atoms with E-state index in [1.54, 1.807) is 11.0 Å². The quantitative estimate of drug-likeness (QED) is 0.784. The maximum absolute atomic E-state index is 13.3. The zero-order chi connectivity index (χ0) is 14.7. The van der Waals surface area contributed by atoms with E-state index in [1.165, 1.54) is 0 Å². The highest BCUT2D eigenvalue weighted by Crippen LogP contribution is 2.41. The lowest BCUT2D eigenvalue weighted by Gasteiger charge is -2.56. The number of hydrogen-bond acceptors (Lipinski definition) is 4. The topological polar surface area (TPSA) is 28.6 Å². The van der Waals surface area contributed by atoms with Gasteiger partial charge in [-0.3, -0.25) is 0 Å². The van der Waals surface area contributed by atoms with Crippen LogP contribution in [0.1, 0.15) is 6.42 Å². The molecule has 3 aliphatic rings. The normalized spacial score (nSPS) is 25.9. The zero-order valence-electron chi connectivity index (χ0n) is 11.5. The molecule has 3 saturated heterocycles. The van der Waals surface area contributed by atoms with Crippen LogP contribution in [0.5, 0.6) is 0 Å². The SMILES string of the molecule is FC1(F)CCN(c2cc(N3CC4(COC4)C3)cc(Cl)n2)C1. The fourth-order valence-corrected chi connectivity index (χ4v) is 3.46. The van der Waals surface area contributed by atoms with Crippen LogP contribution >= 0.6 is 11.6 Å². The minimum Gasteiger partial charge on any atom is -0.380 e. The predicted octanol–water partition coefficient (Wildman–Crippen LogP) is 2.42. The molecule has 4 heterocycles. The third kappa shape index (κ3) is 2.34. The Bertz CT molecular complexity index is 571. The number of hydrogen-bond donors (Lipinski definition) is 0. The Morgan fingerprint density at radius 1 is 1.14 bits per heavy atom. The molecule has 1 aromatic rings. The van der Waals surface area contributed by atoms with Crippen molar-refractivity contribution in [3.05, 3.63) is 17.3 Å². The van der Waals surface area contributed by atoms with Gasteiger partial charge in [0.1, 0.15) is 11.0 Å². The van der Waals surface area contributed by atoms with Crippen molar-refractivity contribution in [3.63, 3.8) is 0 Å². The molecule has 7 heteroatoms. The fraction of sp³-hybridized carbons (Fsp3) is 0.643. The van der Waals surface area contributed by atoms with Gasteiger partial charge in [0.2, 0.25) is 0 Å². The van der Waals surface area contributed by atoms with Crippen LogP contribution < -0.4 is 9.80 Å². The number of aromatic nitrogens is 1. The van der Waals surface area contributed by atoms with Gasteiger partial charge in [-0.2, -0.15) is 0 Å². The summed E-state index contributed by atoms with van der Waals surface area (Å²) >= 11 is 6.07. The molecular weight excluding hydrogens is 300 g/mol. The van der Waals surface area contributed by atoms with Gasteiger partial charge < -0.3 is 14.5 Å². The second-order valence-electron chi connectivity index (χ2n) is 6.38. The van der Waals surface area contributed by atoms with E-state index in [9.17, 15) is 8.78 Å². The summed E-state index contributed by atoms with van der Waals surface area (Å²) in [4.78, 5) is 8.01. The van der Waals surface area contributed by atoms with Crippen LogP contribution in [0.3, 0.4) is 0 Å². The summed E-state index contributed by atoms with van der Waals surface area (Å²) in [7, 11) is 0. The molecule has 0 aliphatic carbocycles. The van der Waals surface area contributed by atoms with Crippen molar-refractivity contribution in [3.8, 4) is 0 Å². The fourth-order valence-electron chi connectivity index (χ4n) is 3.27. The Hall–Kier alpha value is -1.14. The number of pyridine rings is 1. The van der Waals surface area contributed by atoms with Crippen molar-refractivity contribution in [2.75, 3.05) is 49.2 Å². The van der Waals surface area contributed by atoms with Gasteiger partial charge in [0.15, 0.2) is 0 Å². The number of halogens is 3. The summed E-state index contributed by atoms with van der Waals surface area (Å²) in [6.45, 7) is 3.53. The van der Waals surface area contributed by atoms with Gasteiger partial charge in [0.05, 0.1) is 25.2 Å². The molecule has 114 valence electrons. The number of alkyl halides is 2. The van der Waals surface area contributed by atoms with Crippen LogP contribution in [-0.2, 0) is 4.74 Å². The number of ether oxygens (including phenoxy) is 1. The first kappa shape index (κ1) is 13.5. The van der Waals surface area contributed by atoms with E-state index < -0.39 is 5.92 Å². The van der Waals surface area contributed by atoms with Gasteiger partial charge in [-0.15, -0.1) is 0 Å². The standard InChI is InChI=1S/C14H16ClF2N3O/c15-11-3-10(20-5-13(6-20)8-21-9-13)4-12(18-11)19-2-1-14(16,17)7-19/h3-4H,1-2,5-9H2. The molecule has 0 amide bonds. The van der Waals surface area contributed by atoms with Crippen LogP contribution in [0.15, 0.2) is 12.1 Å². The summed E-state index contributed by atoms with van der Waals surface area (Å²) in [5.74, 6) is -2.09. The summed E-state index contributed by atoms with van der Waals surface area (Å²) in [5, 5.41) is 0.350. The minimum absolute atomic E-state index is 0.124. The lowest BCUT2D eigenvalue weighted by molar-refractivity contribution is -0.127. The second-order valence-corrected chi connectivity index (χ2v) is 6.77. The lowest BCUT2D eigenvalue weighted by atomic mass is 9.78. The third-order valence-corrected chi connectivity index (χ3v) is 4.69. The minimum atomic E-state index is -2.63. The molecule has 1 spiro atoms. The molecule has 21 heavy (non-hydrogen) atoms. The van der Waals surface area contributed by atoms with Gasteiger partial charge in [0, 0.05) is 37.8 Å². The monoisotopic (exact) mass is 315 g/mol. The molecule has 0 aromatic carbocycles. The molecule has 0 bridgehead atoms. The molecule has 3 aliphatic heterocycles. The van der Waals surface area contributed by atoms with Crippen LogP contribution in [0, 0.1) is 5.41 Å². The summed E-state index contributed by atoms with van der Waals surface area (Å²) in [6.07, 6.45) is -0.124. The molecule has 0 radical (unpaired) electrons. The number of anilines is 2. The summed E-state index contributed by atoms with van der Waals surface area (Å²) in [6, 6.07) is 3.66. The van der Waals surface area contributed by atoms with Crippen molar-refractivity contribution >= 4 is 23.1 Å². The molecule has 0 atom stereocenters. The summed E-state index contributed by atoms with van der Waals surface area (Å²) in [5.41, 5.74) is 1.26. The van der Waals surface area contributed by atoms with Crippen molar-refractivity contribution in [1.82, 2.24) is 4.98 Å². The highest BCUT2D eigenvalue weighted by molar-refractivity contribution is 6.29. The molecule has 1 aromatic heterocycles. The first-order valence-corrected chi connectivity index (χ1v) is 7.46. The zero-order valence-corrected chi connectivity index (χ0v) is 12.2. The van der Waals surface area contributed by atoms with E-state index in [0.29, 0.717) is 22.9 Å². The Morgan fingerprint density at radius 2 is 1.90 bits per heavy atom. The maximum Gasteiger partial charge on any atom is 0.266 e. The van der Waals surface area contributed by atoms with Gasteiger partial charge >= 0.3 is 0 Å². The van der Waals surface area contributed by atoms with Gasteiger partial charge in [-0.05, 0) is 6.07 Å². The Kier molecular flexibility index (Phi) is 2.85. The van der Waals surface area contributed by atoms with Crippen molar-refractivity contribution in [1.29, 1.82) is 0 Å². The van der Waals surface area contributed by atoms with E-state index >= 15 is 0 Å². The van der Waals surface area contributed by atoms with Crippen molar-refractivity contribution < 1.29 is 13.5 Å². The number of nitrogens with zero attached hydrogens (tertiary/aromatic N) is 3. The maximum atomic E-state index is 13.3. The first-order valence-electron chi connectivity index (χ1n) is 7.08. The van der Waals surface area contributed by atoms with E-state index in [1.807, 2.05) is 6.07 Å².